The zero-order valence-electron chi connectivity index (χ0n) is 16.5. The Morgan fingerprint density at radius 3 is 2.79 bits per heavy atom. The number of carbonyl (C=O) groups is 1. The van der Waals surface area contributed by atoms with Crippen LogP contribution in [0.3, 0.4) is 0 Å². The summed E-state index contributed by atoms with van der Waals surface area (Å²) in [6.45, 7) is 4.86. The van der Waals surface area contributed by atoms with Crippen molar-refractivity contribution in [3.05, 3.63) is 30.1 Å². The molecule has 2 aromatic heterocycles. The maximum absolute atomic E-state index is 12.1. The topological polar surface area (TPSA) is 75.4 Å². The Balaban J connectivity index is 1.66. The number of amides is 1. The van der Waals surface area contributed by atoms with E-state index in [0.29, 0.717) is 12.8 Å². The molecule has 7 heteroatoms. The summed E-state index contributed by atoms with van der Waals surface area (Å²) in [6.07, 6.45) is 6.69. The van der Waals surface area contributed by atoms with Crippen LogP contribution in [-0.2, 0) is 11.2 Å². The minimum Gasteiger partial charge on any atom is -0.356 e. The average Bonchev–Trinajstić information content (AvgIpc) is 3.17. The van der Waals surface area contributed by atoms with Gasteiger partial charge in [-0.25, -0.2) is 4.98 Å². The van der Waals surface area contributed by atoms with E-state index in [-0.39, 0.29) is 5.91 Å². The molecule has 28 heavy (non-hydrogen) atoms. The molecular weight excluding hydrogens is 352 g/mol. The number of benzene rings is 1. The second-order valence-corrected chi connectivity index (χ2v) is 7.45. The van der Waals surface area contributed by atoms with Gasteiger partial charge in [0.15, 0.2) is 5.82 Å². The number of carbonyl (C=O) groups excluding carboxylic acids is 1. The molecule has 1 aliphatic rings. The van der Waals surface area contributed by atoms with Crippen LogP contribution in [0.5, 0.6) is 0 Å². The predicted molar refractivity (Wildman–Crippen MR) is 111 cm³/mol. The number of piperidine rings is 1. The second-order valence-electron chi connectivity index (χ2n) is 7.45. The van der Waals surface area contributed by atoms with Crippen molar-refractivity contribution in [1.29, 1.82) is 0 Å². The molecule has 1 aliphatic heterocycles. The largest absolute Gasteiger partial charge is 0.356 e. The van der Waals surface area contributed by atoms with Crippen molar-refractivity contribution in [3.8, 4) is 0 Å². The van der Waals surface area contributed by atoms with Gasteiger partial charge in [-0.1, -0.05) is 25.5 Å². The molecular formula is C21H28N6O. The van der Waals surface area contributed by atoms with E-state index in [2.05, 4.69) is 31.7 Å². The molecule has 0 bridgehead atoms. The lowest BCUT2D eigenvalue weighted by Crippen LogP contribution is -2.30. The number of hydrogen-bond donors (Lipinski definition) is 1. The van der Waals surface area contributed by atoms with Crippen LogP contribution >= 0.6 is 0 Å². The molecule has 4 rings (SSSR count). The van der Waals surface area contributed by atoms with Gasteiger partial charge >= 0.3 is 0 Å². The molecule has 1 aromatic carbocycles. The molecule has 0 atom stereocenters. The fourth-order valence-electron chi connectivity index (χ4n) is 3.82. The summed E-state index contributed by atoms with van der Waals surface area (Å²) >= 11 is 0. The van der Waals surface area contributed by atoms with Gasteiger partial charge in [0.05, 0.1) is 11.0 Å². The van der Waals surface area contributed by atoms with Crippen LogP contribution in [-0.4, -0.2) is 45.1 Å². The summed E-state index contributed by atoms with van der Waals surface area (Å²) in [5.74, 6) is 1.79. The molecule has 0 spiro atoms. The quantitative estimate of drug-likeness (QED) is 0.638. The molecule has 3 heterocycles. The lowest BCUT2D eigenvalue weighted by atomic mass is 10.1. The number of nitrogens with zero attached hydrogens (tertiary/aromatic N) is 5. The SMILES string of the molecule is CCCCNC(=O)CCc1nnc2c(N3CCCCC3)nc3ccccc3n12. The molecule has 3 aromatic rings. The van der Waals surface area contributed by atoms with Gasteiger partial charge in [0, 0.05) is 32.5 Å². The Bertz CT molecular complexity index is 960. The van der Waals surface area contributed by atoms with Gasteiger partial charge in [0.2, 0.25) is 11.6 Å². The third-order valence-electron chi connectivity index (χ3n) is 5.36. The number of hydrogen-bond acceptors (Lipinski definition) is 5. The predicted octanol–water partition coefficient (Wildman–Crippen LogP) is 3.12. The maximum Gasteiger partial charge on any atom is 0.220 e. The molecule has 1 amide bonds. The highest BCUT2D eigenvalue weighted by Crippen LogP contribution is 2.27. The van der Waals surface area contributed by atoms with Gasteiger partial charge in [0.1, 0.15) is 5.82 Å². The fraction of sp³-hybridized carbons (Fsp3) is 0.524. The molecule has 1 saturated heterocycles. The lowest BCUT2D eigenvalue weighted by Gasteiger charge is -2.28. The van der Waals surface area contributed by atoms with E-state index in [0.717, 1.165) is 60.8 Å². The normalized spacial score (nSPS) is 14.7. The lowest BCUT2D eigenvalue weighted by molar-refractivity contribution is -0.121. The molecule has 0 aliphatic carbocycles. The van der Waals surface area contributed by atoms with E-state index >= 15 is 0 Å². The molecule has 7 nitrogen and oxygen atoms in total. The molecule has 0 radical (unpaired) electrons. The Kier molecular flexibility index (Phi) is 5.69. The van der Waals surface area contributed by atoms with E-state index in [1.54, 1.807) is 0 Å². The van der Waals surface area contributed by atoms with Crippen LogP contribution in [0.15, 0.2) is 24.3 Å². The van der Waals surface area contributed by atoms with Gasteiger partial charge in [-0.15, -0.1) is 10.2 Å². The first-order valence-corrected chi connectivity index (χ1v) is 10.4. The van der Waals surface area contributed by atoms with Crippen molar-refractivity contribution in [2.24, 2.45) is 0 Å². The standard InChI is InChI=1S/C21H28N6O/c1-2-3-13-22-19(28)12-11-18-24-25-21-20(26-14-7-4-8-15-26)23-16-9-5-6-10-17(16)27(18)21/h5-6,9-10H,2-4,7-8,11-15H2,1H3,(H,22,28). The highest BCUT2D eigenvalue weighted by Gasteiger charge is 2.21. The fourth-order valence-corrected chi connectivity index (χ4v) is 3.82. The number of para-hydroxylation sites is 2. The summed E-state index contributed by atoms with van der Waals surface area (Å²) < 4.78 is 2.09. The average molecular weight is 380 g/mol. The van der Waals surface area contributed by atoms with Crippen LogP contribution in [0.25, 0.3) is 16.7 Å². The Labute approximate surface area is 165 Å². The minimum atomic E-state index is 0.0693. The van der Waals surface area contributed by atoms with Crippen LogP contribution in [0.2, 0.25) is 0 Å². The van der Waals surface area contributed by atoms with E-state index in [1.807, 2.05) is 24.3 Å². The molecule has 148 valence electrons. The summed E-state index contributed by atoms with van der Waals surface area (Å²) in [4.78, 5) is 19.4. The Hall–Kier alpha value is -2.70. The number of rotatable bonds is 7. The summed E-state index contributed by atoms with van der Waals surface area (Å²) in [6, 6.07) is 8.09. The van der Waals surface area contributed by atoms with Gasteiger partial charge in [0.25, 0.3) is 0 Å². The summed E-state index contributed by atoms with van der Waals surface area (Å²) in [5, 5.41) is 11.9. The van der Waals surface area contributed by atoms with Crippen LogP contribution in [0.4, 0.5) is 5.82 Å². The molecule has 1 N–H and O–H groups in total. The number of fused-ring (bicyclic) bond motifs is 3. The van der Waals surface area contributed by atoms with Crippen LogP contribution in [0, 0.1) is 0 Å². The highest BCUT2D eigenvalue weighted by molar-refractivity contribution is 5.83. The van der Waals surface area contributed by atoms with Gasteiger partial charge in [-0.3, -0.25) is 9.20 Å². The monoisotopic (exact) mass is 380 g/mol. The number of aryl methyl sites for hydroxylation is 1. The first kappa shape index (κ1) is 18.7. The number of anilines is 1. The first-order valence-electron chi connectivity index (χ1n) is 10.4. The van der Waals surface area contributed by atoms with Gasteiger partial charge in [-0.05, 0) is 37.8 Å². The van der Waals surface area contributed by atoms with Crippen molar-refractivity contribution in [3.63, 3.8) is 0 Å². The summed E-state index contributed by atoms with van der Waals surface area (Å²) in [5.41, 5.74) is 2.72. The van der Waals surface area contributed by atoms with Crippen LogP contribution < -0.4 is 10.2 Å². The van der Waals surface area contributed by atoms with Crippen molar-refractivity contribution in [2.75, 3.05) is 24.5 Å². The highest BCUT2D eigenvalue weighted by atomic mass is 16.1. The second kappa shape index (κ2) is 8.54. The minimum absolute atomic E-state index is 0.0693. The van der Waals surface area contributed by atoms with Crippen molar-refractivity contribution in [2.45, 2.75) is 51.9 Å². The van der Waals surface area contributed by atoms with E-state index in [4.69, 9.17) is 4.98 Å². The zero-order chi connectivity index (χ0) is 19.3. The number of aromatic nitrogens is 4. The van der Waals surface area contributed by atoms with Crippen molar-refractivity contribution >= 4 is 28.4 Å². The third-order valence-corrected chi connectivity index (χ3v) is 5.36. The van der Waals surface area contributed by atoms with E-state index < -0.39 is 0 Å². The summed E-state index contributed by atoms with van der Waals surface area (Å²) in [7, 11) is 0. The van der Waals surface area contributed by atoms with Gasteiger partial charge < -0.3 is 10.2 Å². The molecule has 0 saturated carbocycles. The molecule has 0 unspecified atom stereocenters. The first-order chi connectivity index (χ1) is 13.8. The molecule has 1 fully saturated rings. The zero-order valence-corrected chi connectivity index (χ0v) is 16.5. The van der Waals surface area contributed by atoms with E-state index in [1.165, 1.54) is 19.3 Å². The number of nitrogens with one attached hydrogen (secondary N) is 1. The smallest absolute Gasteiger partial charge is 0.220 e. The third kappa shape index (κ3) is 3.79. The maximum atomic E-state index is 12.1. The van der Waals surface area contributed by atoms with Crippen molar-refractivity contribution < 1.29 is 4.79 Å². The van der Waals surface area contributed by atoms with Gasteiger partial charge in [-0.2, -0.15) is 0 Å². The van der Waals surface area contributed by atoms with E-state index in [9.17, 15) is 4.79 Å². The Morgan fingerprint density at radius 1 is 1.14 bits per heavy atom. The van der Waals surface area contributed by atoms with Crippen molar-refractivity contribution in [1.82, 2.24) is 24.9 Å². The van der Waals surface area contributed by atoms with Crippen LogP contribution in [0.1, 0.15) is 51.3 Å². The number of unbranched alkanes of at least 4 members (excludes halogenated alkanes) is 1. The Morgan fingerprint density at radius 2 is 1.96 bits per heavy atom.